The number of likely N-dealkylation sites (N-methyl/N-ethyl adjacent to an activating group) is 1. The summed E-state index contributed by atoms with van der Waals surface area (Å²) in [5.41, 5.74) is 1.28. The van der Waals surface area contributed by atoms with Crippen molar-refractivity contribution in [3.8, 4) is 0 Å². The topological polar surface area (TPSA) is 103 Å². The Labute approximate surface area is 214 Å². The molecule has 1 aromatic carbocycles. The zero-order chi connectivity index (χ0) is 27.7. The zero-order valence-electron chi connectivity index (χ0n) is 20.1. The van der Waals surface area contributed by atoms with Gasteiger partial charge in [0.2, 0.25) is 5.43 Å². The van der Waals surface area contributed by atoms with Gasteiger partial charge in [-0.25, -0.2) is 14.0 Å². The molecule has 2 aromatic rings. The van der Waals surface area contributed by atoms with Crippen molar-refractivity contribution in [3.05, 3.63) is 50.5 Å². The zero-order valence-corrected chi connectivity index (χ0v) is 20.9. The molecule has 2 heterocycles. The van der Waals surface area contributed by atoms with Crippen molar-refractivity contribution in [3.63, 3.8) is 0 Å². The van der Waals surface area contributed by atoms with E-state index in [4.69, 9.17) is 21.5 Å². The van der Waals surface area contributed by atoms with Gasteiger partial charge in [0.25, 0.3) is 0 Å². The summed E-state index contributed by atoms with van der Waals surface area (Å²) in [5, 5.41) is 17.5. The number of piperidine rings is 1. The van der Waals surface area contributed by atoms with E-state index in [1.807, 2.05) is 28.5 Å². The molecule has 1 aromatic heterocycles. The van der Waals surface area contributed by atoms with Crippen LogP contribution in [0.25, 0.3) is 10.9 Å². The standard InChI is InChI=1S/C22H25ClFN3O3.C2HF3O2/c1-25(2)12-17(23)13-5-7-26(8-6-13)20-10-19-15(9-18(20)24)21(28)16(22(29)30)11-27(19)14-3-4-14;3-2(4,5)1(6)7/h9-11,14H,3-8,12H2,1-2H3,(H,29,30);(H,6,7). The number of anilines is 1. The van der Waals surface area contributed by atoms with Crippen LogP contribution in [0.1, 0.15) is 42.1 Å². The number of carboxylic acids is 2. The van der Waals surface area contributed by atoms with Crippen molar-refractivity contribution in [2.75, 3.05) is 38.6 Å². The SMILES string of the molecule is CN(C)CC(Cl)=C1CCN(c2cc3c(cc2F)c(=O)c(C(=O)O)cn3C2CC2)CC1.O=C(O)C(F)(F)F. The van der Waals surface area contributed by atoms with Gasteiger partial charge in [-0.05, 0) is 51.9 Å². The highest BCUT2D eigenvalue weighted by Crippen LogP contribution is 2.38. The van der Waals surface area contributed by atoms with E-state index in [9.17, 15) is 27.9 Å². The Balaban J connectivity index is 0.000000479. The third-order valence-electron chi connectivity index (χ3n) is 6.06. The summed E-state index contributed by atoms with van der Waals surface area (Å²) >= 11 is 6.44. The maximum absolute atomic E-state index is 15.0. The second-order valence-corrected chi connectivity index (χ2v) is 9.63. The molecule has 0 unspecified atom stereocenters. The van der Waals surface area contributed by atoms with Crippen LogP contribution in [0.15, 0.2) is 33.7 Å². The van der Waals surface area contributed by atoms with E-state index >= 15 is 4.39 Å². The van der Waals surface area contributed by atoms with E-state index in [-0.39, 0.29) is 17.0 Å². The Bertz CT molecular complexity index is 1290. The number of pyridine rings is 1. The maximum Gasteiger partial charge on any atom is 0.490 e. The lowest BCUT2D eigenvalue weighted by atomic mass is 10.0. The smallest absolute Gasteiger partial charge is 0.477 e. The van der Waals surface area contributed by atoms with Gasteiger partial charge in [-0.15, -0.1) is 0 Å². The van der Waals surface area contributed by atoms with Crippen LogP contribution in [-0.4, -0.2) is 71.5 Å². The van der Waals surface area contributed by atoms with E-state index in [1.54, 1.807) is 6.07 Å². The summed E-state index contributed by atoms with van der Waals surface area (Å²) in [7, 11) is 3.94. The van der Waals surface area contributed by atoms with Gasteiger partial charge in [-0.2, -0.15) is 13.2 Å². The second-order valence-electron chi connectivity index (χ2n) is 9.17. The largest absolute Gasteiger partial charge is 0.490 e. The average Bonchev–Trinajstić information content (AvgIpc) is 3.64. The number of aromatic carboxylic acids is 1. The van der Waals surface area contributed by atoms with Crippen molar-refractivity contribution in [2.24, 2.45) is 0 Å². The minimum Gasteiger partial charge on any atom is -0.477 e. The first-order valence-corrected chi connectivity index (χ1v) is 11.8. The molecule has 0 spiro atoms. The van der Waals surface area contributed by atoms with Gasteiger partial charge in [-0.3, -0.25) is 4.79 Å². The van der Waals surface area contributed by atoms with Crippen LogP contribution < -0.4 is 10.3 Å². The number of benzene rings is 1. The molecule has 0 atom stereocenters. The summed E-state index contributed by atoms with van der Waals surface area (Å²) in [6.45, 7) is 1.98. The molecule has 0 radical (unpaired) electrons. The average molecular weight is 548 g/mol. The van der Waals surface area contributed by atoms with Crippen molar-refractivity contribution < 1.29 is 37.4 Å². The molecular weight excluding hydrogens is 522 g/mol. The lowest BCUT2D eigenvalue weighted by molar-refractivity contribution is -0.192. The Morgan fingerprint density at radius 3 is 2.16 bits per heavy atom. The fraction of sp³-hybridized carbons (Fsp3) is 0.458. The minimum absolute atomic E-state index is 0.120. The number of fused-ring (bicyclic) bond motifs is 1. The van der Waals surface area contributed by atoms with Crippen LogP contribution in [-0.2, 0) is 4.79 Å². The normalized spacial score (nSPS) is 16.0. The van der Waals surface area contributed by atoms with Crippen LogP contribution in [0, 0.1) is 5.82 Å². The van der Waals surface area contributed by atoms with E-state index in [1.165, 1.54) is 17.8 Å². The number of carboxylic acid groups (broad SMARTS) is 2. The Hall–Kier alpha value is -3.12. The van der Waals surface area contributed by atoms with Crippen molar-refractivity contribution in [1.29, 1.82) is 0 Å². The first-order chi connectivity index (χ1) is 17.2. The third kappa shape index (κ3) is 6.80. The third-order valence-corrected chi connectivity index (χ3v) is 6.45. The number of alkyl halides is 3. The van der Waals surface area contributed by atoms with Crippen molar-refractivity contribution >= 4 is 40.1 Å². The molecule has 37 heavy (non-hydrogen) atoms. The van der Waals surface area contributed by atoms with Gasteiger partial charge in [-0.1, -0.05) is 17.2 Å². The van der Waals surface area contributed by atoms with Crippen LogP contribution in [0.2, 0.25) is 0 Å². The molecule has 0 bridgehead atoms. The molecule has 2 aliphatic rings. The maximum atomic E-state index is 15.0. The number of hydrogen-bond donors (Lipinski definition) is 2. The summed E-state index contributed by atoms with van der Waals surface area (Å²) in [4.78, 5) is 37.0. The van der Waals surface area contributed by atoms with E-state index in [0.717, 1.165) is 30.7 Å². The predicted molar refractivity (Wildman–Crippen MR) is 130 cm³/mol. The quantitative estimate of drug-likeness (QED) is 0.533. The molecule has 13 heteroatoms. The van der Waals surface area contributed by atoms with Gasteiger partial charge < -0.3 is 24.6 Å². The van der Waals surface area contributed by atoms with E-state index in [0.29, 0.717) is 30.8 Å². The summed E-state index contributed by atoms with van der Waals surface area (Å²) in [5.74, 6) is -4.55. The van der Waals surface area contributed by atoms with Crippen molar-refractivity contribution in [2.45, 2.75) is 37.9 Å². The fourth-order valence-electron chi connectivity index (χ4n) is 4.09. The van der Waals surface area contributed by atoms with Gasteiger partial charge in [0, 0.05) is 42.3 Å². The fourth-order valence-corrected chi connectivity index (χ4v) is 4.51. The number of halogens is 5. The number of aromatic nitrogens is 1. The molecule has 1 saturated carbocycles. The molecule has 2 N–H and O–H groups in total. The van der Waals surface area contributed by atoms with Gasteiger partial charge in [0.05, 0.1) is 11.2 Å². The van der Waals surface area contributed by atoms with Crippen LogP contribution in [0.5, 0.6) is 0 Å². The van der Waals surface area contributed by atoms with Crippen LogP contribution >= 0.6 is 11.6 Å². The lowest BCUT2D eigenvalue weighted by Crippen LogP contribution is -2.32. The first kappa shape index (κ1) is 28.5. The molecule has 0 amide bonds. The van der Waals surface area contributed by atoms with Crippen LogP contribution in [0.3, 0.4) is 0 Å². The summed E-state index contributed by atoms with van der Waals surface area (Å²) in [6, 6.07) is 3.06. The van der Waals surface area contributed by atoms with Crippen molar-refractivity contribution in [1.82, 2.24) is 9.47 Å². The molecule has 1 aliphatic carbocycles. The second kappa shape index (κ2) is 11.1. The Kier molecular flexibility index (Phi) is 8.53. The van der Waals surface area contributed by atoms with Gasteiger partial charge in [0.15, 0.2) is 0 Å². The van der Waals surface area contributed by atoms with Crippen LogP contribution in [0.4, 0.5) is 23.2 Å². The first-order valence-electron chi connectivity index (χ1n) is 11.4. The molecule has 8 nitrogen and oxygen atoms in total. The number of carbonyl (C=O) groups is 2. The Morgan fingerprint density at radius 1 is 1.14 bits per heavy atom. The summed E-state index contributed by atoms with van der Waals surface area (Å²) < 4.78 is 48.6. The molecule has 1 aliphatic heterocycles. The molecule has 1 saturated heterocycles. The number of nitrogens with zero attached hydrogens (tertiary/aromatic N) is 3. The van der Waals surface area contributed by atoms with E-state index in [2.05, 4.69) is 0 Å². The van der Waals surface area contributed by atoms with E-state index < -0.39 is 29.4 Å². The molecule has 2 fully saturated rings. The number of hydrogen-bond acceptors (Lipinski definition) is 5. The van der Waals surface area contributed by atoms with Gasteiger partial charge >= 0.3 is 18.1 Å². The monoisotopic (exact) mass is 547 g/mol. The Morgan fingerprint density at radius 2 is 1.70 bits per heavy atom. The lowest BCUT2D eigenvalue weighted by Gasteiger charge is -2.32. The van der Waals surface area contributed by atoms with Gasteiger partial charge in [0.1, 0.15) is 11.4 Å². The molecule has 202 valence electrons. The highest BCUT2D eigenvalue weighted by Gasteiger charge is 2.38. The number of rotatable bonds is 5. The predicted octanol–water partition coefficient (Wildman–Crippen LogP) is 4.46. The molecular formula is C24H26ClF4N3O5. The highest BCUT2D eigenvalue weighted by molar-refractivity contribution is 6.30. The summed E-state index contributed by atoms with van der Waals surface area (Å²) in [6.07, 6.45) is -0.308. The minimum atomic E-state index is -5.08. The highest BCUT2D eigenvalue weighted by atomic mass is 35.5. The molecule has 4 rings (SSSR count). The number of aliphatic carboxylic acids is 1.